The fraction of sp³-hybridized carbons (Fsp3) is 0.714. The Bertz CT molecular complexity index is 193. The predicted octanol–water partition coefficient (Wildman–Crippen LogP) is 3.89. The van der Waals surface area contributed by atoms with Gasteiger partial charge in [-0.1, -0.05) is 13.2 Å². The number of ether oxygens (including phenoxy) is 2. The van der Waals surface area contributed by atoms with Crippen molar-refractivity contribution in [3.8, 4) is 0 Å². The molecule has 92 valence electrons. The van der Waals surface area contributed by atoms with Crippen LogP contribution in [-0.4, -0.2) is 12.2 Å². The van der Waals surface area contributed by atoms with Crippen molar-refractivity contribution in [3.63, 3.8) is 0 Å². The van der Waals surface area contributed by atoms with Gasteiger partial charge in [0.1, 0.15) is 0 Å². The van der Waals surface area contributed by atoms with E-state index in [4.69, 9.17) is 9.47 Å². The lowest BCUT2D eigenvalue weighted by Gasteiger charge is -2.34. The molecule has 0 saturated heterocycles. The van der Waals surface area contributed by atoms with Crippen molar-refractivity contribution in [2.75, 3.05) is 0 Å². The van der Waals surface area contributed by atoms with E-state index >= 15 is 0 Å². The van der Waals surface area contributed by atoms with Gasteiger partial charge >= 0.3 is 0 Å². The summed E-state index contributed by atoms with van der Waals surface area (Å²) in [6, 6.07) is 0. The van der Waals surface area contributed by atoms with Gasteiger partial charge in [0.05, 0.1) is 24.7 Å². The third kappa shape index (κ3) is 3.58. The van der Waals surface area contributed by atoms with E-state index in [-0.39, 0.29) is 0 Å². The highest BCUT2D eigenvalue weighted by molar-refractivity contribution is 4.80. The van der Waals surface area contributed by atoms with Crippen LogP contribution in [-0.2, 0) is 9.47 Å². The Balaban J connectivity index is 2.32. The van der Waals surface area contributed by atoms with Gasteiger partial charge in [-0.15, -0.1) is 0 Å². The lowest BCUT2D eigenvalue weighted by Crippen LogP contribution is -2.29. The molecule has 0 N–H and O–H groups in total. The van der Waals surface area contributed by atoms with Crippen LogP contribution < -0.4 is 0 Å². The fourth-order valence-corrected chi connectivity index (χ4v) is 2.61. The molecule has 1 aliphatic carbocycles. The van der Waals surface area contributed by atoms with Crippen LogP contribution >= 0.6 is 0 Å². The van der Waals surface area contributed by atoms with E-state index in [0.717, 1.165) is 0 Å². The van der Waals surface area contributed by atoms with Crippen LogP contribution in [0.4, 0.5) is 0 Å². The van der Waals surface area contributed by atoms with Gasteiger partial charge < -0.3 is 9.47 Å². The second-order valence-electron chi connectivity index (χ2n) is 4.69. The summed E-state index contributed by atoms with van der Waals surface area (Å²) in [5, 5.41) is 0. The van der Waals surface area contributed by atoms with Crippen molar-refractivity contribution in [2.24, 2.45) is 11.8 Å². The maximum Gasteiger partial charge on any atom is 0.0978 e. The third-order valence-electron chi connectivity index (χ3n) is 3.77. The quantitative estimate of drug-likeness (QED) is 0.637. The van der Waals surface area contributed by atoms with Gasteiger partial charge in [0.15, 0.2) is 0 Å². The maximum atomic E-state index is 5.44. The summed E-state index contributed by atoms with van der Waals surface area (Å²) in [5.74, 6) is 1.34. The highest BCUT2D eigenvalue weighted by Gasteiger charge is 2.28. The standard InChI is InChI=1S/C14H24O2/c1-5-15-11(3)13-7-9-14(10-8-13)12(4)16-6-2/h5-6,11-14H,1-2,7-10H2,3-4H3. The Morgan fingerprint density at radius 2 is 1.19 bits per heavy atom. The number of rotatable bonds is 6. The number of hydrogen-bond donors (Lipinski definition) is 0. The van der Waals surface area contributed by atoms with Gasteiger partial charge in [0, 0.05) is 0 Å². The van der Waals surface area contributed by atoms with Crippen molar-refractivity contribution < 1.29 is 9.47 Å². The van der Waals surface area contributed by atoms with E-state index < -0.39 is 0 Å². The van der Waals surface area contributed by atoms with E-state index in [1.54, 1.807) is 12.5 Å². The van der Waals surface area contributed by atoms with Crippen molar-refractivity contribution >= 4 is 0 Å². The van der Waals surface area contributed by atoms with Crippen LogP contribution in [0.25, 0.3) is 0 Å². The van der Waals surface area contributed by atoms with Gasteiger partial charge in [-0.25, -0.2) is 0 Å². The van der Waals surface area contributed by atoms with E-state index in [9.17, 15) is 0 Å². The molecule has 0 aromatic rings. The fourth-order valence-electron chi connectivity index (χ4n) is 2.61. The van der Waals surface area contributed by atoms with Crippen LogP contribution in [0.2, 0.25) is 0 Å². The first-order valence-electron chi connectivity index (χ1n) is 6.21. The minimum absolute atomic E-state index is 0.300. The summed E-state index contributed by atoms with van der Waals surface area (Å²) in [4.78, 5) is 0. The van der Waals surface area contributed by atoms with Gasteiger partial charge in [-0.3, -0.25) is 0 Å². The molecule has 0 bridgehead atoms. The molecule has 0 aromatic carbocycles. The van der Waals surface area contributed by atoms with Crippen molar-refractivity contribution in [2.45, 2.75) is 51.7 Å². The smallest absolute Gasteiger partial charge is 0.0978 e. The van der Waals surface area contributed by atoms with E-state index in [1.807, 2.05) is 0 Å². The molecule has 0 spiro atoms. The molecule has 0 heterocycles. The first kappa shape index (κ1) is 13.1. The van der Waals surface area contributed by atoms with E-state index in [2.05, 4.69) is 27.0 Å². The molecule has 1 aliphatic rings. The number of hydrogen-bond acceptors (Lipinski definition) is 2. The largest absolute Gasteiger partial charge is 0.499 e. The predicted molar refractivity (Wildman–Crippen MR) is 66.9 cm³/mol. The van der Waals surface area contributed by atoms with Gasteiger partial charge in [-0.2, -0.15) is 0 Å². The summed E-state index contributed by atoms with van der Waals surface area (Å²) < 4.78 is 10.9. The summed E-state index contributed by atoms with van der Waals surface area (Å²) in [5.41, 5.74) is 0. The van der Waals surface area contributed by atoms with Crippen LogP contribution in [0, 0.1) is 11.8 Å². The Kier molecular flexibility index (Phi) is 5.44. The topological polar surface area (TPSA) is 18.5 Å². The molecule has 0 aromatic heterocycles. The molecule has 2 unspecified atom stereocenters. The second-order valence-corrected chi connectivity index (χ2v) is 4.69. The molecular weight excluding hydrogens is 200 g/mol. The Hall–Kier alpha value is -0.920. The maximum absolute atomic E-state index is 5.44. The summed E-state index contributed by atoms with van der Waals surface area (Å²) in [6.07, 6.45) is 8.62. The molecule has 2 nitrogen and oxygen atoms in total. The lowest BCUT2D eigenvalue weighted by atomic mass is 9.78. The zero-order valence-corrected chi connectivity index (χ0v) is 10.5. The normalized spacial score (nSPS) is 28.9. The average Bonchev–Trinajstić information content (AvgIpc) is 2.30. The highest BCUT2D eigenvalue weighted by Crippen LogP contribution is 2.34. The first-order valence-corrected chi connectivity index (χ1v) is 6.21. The average molecular weight is 224 g/mol. The zero-order chi connectivity index (χ0) is 12.0. The monoisotopic (exact) mass is 224 g/mol. The molecule has 0 radical (unpaired) electrons. The third-order valence-corrected chi connectivity index (χ3v) is 3.77. The Morgan fingerprint density at radius 3 is 1.44 bits per heavy atom. The van der Waals surface area contributed by atoms with Gasteiger partial charge in [0.2, 0.25) is 0 Å². The van der Waals surface area contributed by atoms with Crippen molar-refractivity contribution in [3.05, 3.63) is 25.7 Å². The summed E-state index contributed by atoms with van der Waals surface area (Å²) >= 11 is 0. The second kappa shape index (κ2) is 6.62. The highest BCUT2D eigenvalue weighted by atomic mass is 16.5. The zero-order valence-electron chi connectivity index (χ0n) is 10.5. The van der Waals surface area contributed by atoms with Crippen LogP contribution in [0.1, 0.15) is 39.5 Å². The van der Waals surface area contributed by atoms with Crippen molar-refractivity contribution in [1.82, 2.24) is 0 Å². The summed E-state index contributed by atoms with van der Waals surface area (Å²) in [6.45, 7) is 11.5. The molecule has 0 amide bonds. The van der Waals surface area contributed by atoms with Crippen molar-refractivity contribution in [1.29, 1.82) is 0 Å². The molecule has 2 heteroatoms. The van der Waals surface area contributed by atoms with Crippen LogP contribution in [0.15, 0.2) is 25.7 Å². The molecule has 0 aliphatic heterocycles. The Labute approximate surface area is 99.3 Å². The van der Waals surface area contributed by atoms with E-state index in [0.29, 0.717) is 24.0 Å². The first-order chi connectivity index (χ1) is 7.69. The van der Waals surface area contributed by atoms with Gasteiger partial charge in [0.25, 0.3) is 0 Å². The molecular formula is C14H24O2. The molecule has 2 atom stereocenters. The molecule has 16 heavy (non-hydrogen) atoms. The minimum Gasteiger partial charge on any atom is -0.499 e. The Morgan fingerprint density at radius 1 is 0.875 bits per heavy atom. The van der Waals surface area contributed by atoms with Crippen LogP contribution in [0.3, 0.4) is 0 Å². The summed E-state index contributed by atoms with van der Waals surface area (Å²) in [7, 11) is 0. The van der Waals surface area contributed by atoms with Crippen LogP contribution in [0.5, 0.6) is 0 Å². The van der Waals surface area contributed by atoms with Gasteiger partial charge in [-0.05, 0) is 51.4 Å². The SMILES string of the molecule is C=COC(C)C1CCC(C(C)OC=C)CC1. The molecule has 1 saturated carbocycles. The van der Waals surface area contributed by atoms with E-state index in [1.165, 1.54) is 25.7 Å². The lowest BCUT2D eigenvalue weighted by molar-refractivity contribution is 0.0344. The minimum atomic E-state index is 0.300. The molecule has 1 fully saturated rings. The molecule has 1 rings (SSSR count).